The Labute approximate surface area is 455 Å². The summed E-state index contributed by atoms with van der Waals surface area (Å²) < 4.78 is 30.5. The molecule has 0 radical (unpaired) electrons. The van der Waals surface area contributed by atoms with Gasteiger partial charge in [-0.2, -0.15) is 0 Å². The first-order valence-electron chi connectivity index (χ1n) is 28.9. The van der Waals surface area contributed by atoms with Crippen LogP contribution in [0.3, 0.4) is 0 Å². The van der Waals surface area contributed by atoms with E-state index in [2.05, 4.69) is 152 Å². The predicted molar refractivity (Wildman–Crippen MR) is 340 cm³/mol. The molecule has 0 saturated carbocycles. The second-order valence-electron chi connectivity index (χ2n) is 22.3. The molecule has 69 heavy (non-hydrogen) atoms. The maximum atomic E-state index is 4.21. The molecule has 0 aliphatic rings. The second kappa shape index (κ2) is 46.2. The summed E-state index contributed by atoms with van der Waals surface area (Å²) in [6.45, 7) is 50.5. The first kappa shape index (κ1) is 69.9. The molecule has 5 heteroatoms. The predicted octanol–water partition coefficient (Wildman–Crippen LogP) is 23.3. The van der Waals surface area contributed by atoms with Gasteiger partial charge in [-0.3, -0.25) is 0 Å². The van der Waals surface area contributed by atoms with Crippen molar-refractivity contribution in [1.29, 1.82) is 0 Å². The molecule has 0 N–H and O–H groups in total. The molecule has 0 saturated heterocycles. The van der Waals surface area contributed by atoms with Crippen LogP contribution in [-0.2, 0) is 0 Å². The van der Waals surface area contributed by atoms with E-state index >= 15 is 0 Å². The van der Waals surface area contributed by atoms with Crippen molar-refractivity contribution in [3.05, 3.63) is 152 Å². The van der Waals surface area contributed by atoms with Crippen molar-refractivity contribution in [3.8, 4) is 0 Å². The van der Waals surface area contributed by atoms with Gasteiger partial charge in [0.2, 0.25) is 0 Å². The van der Waals surface area contributed by atoms with Crippen LogP contribution in [0, 0.1) is 0 Å². The van der Waals surface area contributed by atoms with E-state index in [4.69, 9.17) is 0 Å². The molecule has 0 atom stereocenters. The van der Waals surface area contributed by atoms with Crippen LogP contribution >= 0.6 is 0 Å². The van der Waals surface area contributed by atoms with Crippen molar-refractivity contribution in [2.75, 3.05) is 0 Å². The summed E-state index contributed by atoms with van der Waals surface area (Å²) >= 11 is -12.1. The minimum absolute atomic E-state index is 1.21. The molecule has 0 aromatic carbocycles. The number of hydrogen-bond donors (Lipinski definition) is 0. The Bertz CT molecular complexity index is 1080. The van der Waals surface area contributed by atoms with Crippen LogP contribution in [0.4, 0.5) is 0 Å². The van der Waals surface area contributed by atoms with Crippen molar-refractivity contribution < 1.29 is 0 Å². The van der Waals surface area contributed by atoms with E-state index in [0.717, 1.165) is 0 Å². The van der Waals surface area contributed by atoms with Gasteiger partial charge in [0.15, 0.2) is 0 Å². The summed E-state index contributed by atoms with van der Waals surface area (Å²) in [7, 11) is 0. The molecule has 0 fully saturated rings. The quantitative estimate of drug-likeness (QED) is 0.0323. The van der Waals surface area contributed by atoms with Crippen LogP contribution < -0.4 is 0 Å². The summed E-state index contributed by atoms with van der Waals surface area (Å²) in [6.07, 6.45) is 53.1. The molecule has 0 aliphatic heterocycles. The average molecular weight is 1480 g/mol. The van der Waals surface area contributed by atoms with Gasteiger partial charge in [0.25, 0.3) is 0 Å². The van der Waals surface area contributed by atoms with Crippen LogP contribution in [0.1, 0.15) is 128 Å². The summed E-state index contributed by atoms with van der Waals surface area (Å²) in [5.74, 6) is 0. The van der Waals surface area contributed by atoms with Crippen LogP contribution in [-0.4, -0.2) is 91.9 Å². The van der Waals surface area contributed by atoms with Gasteiger partial charge in [0, 0.05) is 0 Å². The Hall–Kier alpha value is 0.874. The van der Waals surface area contributed by atoms with E-state index in [9.17, 15) is 0 Å². The first-order chi connectivity index (χ1) is 33.6. The molecule has 0 aromatic heterocycles. The van der Waals surface area contributed by atoms with Crippen molar-refractivity contribution in [2.24, 2.45) is 0 Å². The molecular formula is C64H116Sn5. The molecular weight excluding hydrogens is 1360 g/mol. The third-order valence-corrected chi connectivity index (χ3v) is 95.7. The van der Waals surface area contributed by atoms with Gasteiger partial charge >= 0.3 is 461 Å². The van der Waals surface area contributed by atoms with Gasteiger partial charge in [0.05, 0.1) is 0 Å². The molecule has 0 amide bonds. The third-order valence-electron chi connectivity index (χ3n) is 17.2. The zero-order valence-corrected chi connectivity index (χ0v) is 60.5. The molecule has 0 rings (SSSR count). The molecule has 0 nitrogen and oxygen atoms in total. The molecule has 0 aromatic rings. The Kier molecular flexibility index (Phi) is 46.8. The van der Waals surface area contributed by atoms with Gasteiger partial charge in [-0.25, -0.2) is 0 Å². The van der Waals surface area contributed by atoms with Crippen molar-refractivity contribution in [2.45, 2.75) is 217 Å². The van der Waals surface area contributed by atoms with E-state index in [1.54, 1.807) is 35.5 Å². The van der Waals surface area contributed by atoms with E-state index in [1.165, 1.54) is 182 Å². The average Bonchev–Trinajstić information content (AvgIpc) is 3.37. The Morgan fingerprint density at radius 1 is 0.145 bits per heavy atom. The third kappa shape index (κ3) is 32.8. The first-order valence-corrected chi connectivity index (χ1v) is 69.2. The summed E-state index contributed by atoms with van der Waals surface area (Å²) in [5, 5.41) is 0. The van der Waals surface area contributed by atoms with E-state index < -0.39 is 91.9 Å². The van der Waals surface area contributed by atoms with Gasteiger partial charge in [-0.1, -0.05) is 0 Å². The monoisotopic (exact) mass is 1480 g/mol. The standard InChI is InChI=1S/4C4H8.12C4H7.5Sn/c16*1-3-4-2;;;;;/h4*1-4H2;12*3H,1-2,4H2;;;;;. The van der Waals surface area contributed by atoms with Crippen LogP contribution in [0.5, 0.6) is 0 Å². The van der Waals surface area contributed by atoms with Gasteiger partial charge in [-0.15, -0.1) is 0 Å². The molecule has 392 valence electrons. The van der Waals surface area contributed by atoms with Gasteiger partial charge in [0.1, 0.15) is 0 Å². The molecule has 0 heterocycles. The van der Waals surface area contributed by atoms with Gasteiger partial charge in [-0.05, 0) is 0 Å². The fraction of sp³-hybridized carbons (Fsp3) is 0.625. The SMILES string of the molecule is C=CC[CH2][Sn]([CH2]CC=C)([CH2]CC=C)[CH2]CC[CH2][Sn]([CH2]CC[CH2][Sn]([CH2]CC=C)([CH2]CC=C)[CH2]CC=C)([CH2]CC[CH2][Sn]([CH2]CC=C)([CH2]CC=C)[CH2]CC=C)[CH2]CC[CH2][Sn]([CH2]CC=C)([CH2]CC=C)[CH2]CC=C. The molecule has 0 bridgehead atoms. The molecule has 0 spiro atoms. The van der Waals surface area contributed by atoms with Crippen LogP contribution in [0.15, 0.2) is 152 Å². The number of hydrogen-bond acceptors (Lipinski definition) is 0. The fourth-order valence-electron chi connectivity index (χ4n) is 12.6. The topological polar surface area (TPSA) is 0 Å². The van der Waals surface area contributed by atoms with Crippen molar-refractivity contribution in [3.63, 3.8) is 0 Å². The van der Waals surface area contributed by atoms with Crippen molar-refractivity contribution >= 4 is 91.9 Å². The van der Waals surface area contributed by atoms with E-state index in [-0.39, 0.29) is 0 Å². The number of unbranched alkanes of at least 4 members (excludes halogenated alkanes) is 4. The second-order valence-corrected chi connectivity index (χ2v) is 93.6. The Morgan fingerprint density at radius 2 is 0.232 bits per heavy atom. The normalized spacial score (nSPS) is 12.2. The Balaban J connectivity index is 7.22. The summed E-state index contributed by atoms with van der Waals surface area (Å²) in [4.78, 5) is 0. The minimum atomic E-state index is -2.63. The fourth-order valence-corrected chi connectivity index (χ4v) is 84.9. The van der Waals surface area contributed by atoms with Crippen LogP contribution in [0.2, 0.25) is 88.7 Å². The summed E-state index contributed by atoms with van der Waals surface area (Å²) in [5.41, 5.74) is 0. The van der Waals surface area contributed by atoms with Crippen molar-refractivity contribution in [1.82, 2.24) is 0 Å². The molecule has 0 unspecified atom stereocenters. The zero-order valence-electron chi connectivity index (χ0n) is 46.2. The number of rotatable bonds is 56. The maximum absolute atomic E-state index is 4.21. The Morgan fingerprint density at radius 3 is 0.319 bits per heavy atom. The van der Waals surface area contributed by atoms with E-state index in [0.29, 0.717) is 0 Å². The number of allylic oxidation sites excluding steroid dienone is 12. The molecule has 0 aliphatic carbocycles. The summed E-state index contributed by atoms with van der Waals surface area (Å²) in [6, 6.07) is 0. The zero-order chi connectivity index (χ0) is 51.3. The van der Waals surface area contributed by atoms with Gasteiger partial charge < -0.3 is 0 Å². The van der Waals surface area contributed by atoms with E-state index in [1.807, 2.05) is 0 Å². The van der Waals surface area contributed by atoms with Crippen LogP contribution in [0.25, 0.3) is 0 Å².